The summed E-state index contributed by atoms with van der Waals surface area (Å²) in [4.78, 5) is 2.59. The average Bonchev–Trinajstić information content (AvgIpc) is 2.64. The molecule has 0 radical (unpaired) electrons. The maximum absolute atomic E-state index is 9.29. The molecular formula is C14H30N2O. The number of likely N-dealkylation sites (tertiary alicyclic amines) is 1. The molecule has 0 aromatic rings. The molecule has 102 valence electrons. The summed E-state index contributed by atoms with van der Waals surface area (Å²) in [6.07, 6.45) is 3.49. The van der Waals surface area contributed by atoms with Gasteiger partial charge in [-0.3, -0.25) is 0 Å². The minimum Gasteiger partial charge on any atom is -0.394 e. The van der Waals surface area contributed by atoms with Crippen LogP contribution in [-0.4, -0.2) is 48.8 Å². The molecule has 2 N–H and O–H groups in total. The van der Waals surface area contributed by atoms with Gasteiger partial charge in [0.25, 0.3) is 0 Å². The van der Waals surface area contributed by atoms with Crippen molar-refractivity contribution in [3.05, 3.63) is 0 Å². The highest BCUT2D eigenvalue weighted by Gasteiger charge is 2.25. The van der Waals surface area contributed by atoms with Crippen LogP contribution in [0.25, 0.3) is 0 Å². The van der Waals surface area contributed by atoms with Crippen molar-refractivity contribution >= 4 is 0 Å². The number of unbranched alkanes of at least 4 members (excludes halogenated alkanes) is 1. The van der Waals surface area contributed by atoms with E-state index in [1.165, 1.54) is 32.5 Å². The van der Waals surface area contributed by atoms with Gasteiger partial charge < -0.3 is 15.3 Å². The molecule has 0 saturated carbocycles. The lowest BCUT2D eigenvalue weighted by molar-refractivity contribution is 0.169. The molecule has 1 rings (SSSR count). The normalized spacial score (nSPS) is 29.5. The second-order valence-corrected chi connectivity index (χ2v) is 6.14. The molecule has 0 spiro atoms. The predicted octanol–water partition coefficient (Wildman–Crippen LogP) is 1.71. The van der Waals surface area contributed by atoms with Crippen molar-refractivity contribution in [2.45, 2.75) is 45.6 Å². The molecule has 0 aliphatic carbocycles. The second kappa shape index (κ2) is 6.72. The average molecular weight is 242 g/mol. The third-order valence-corrected chi connectivity index (χ3v) is 4.47. The molecule has 0 aromatic carbocycles. The van der Waals surface area contributed by atoms with Gasteiger partial charge in [-0.2, -0.15) is 0 Å². The van der Waals surface area contributed by atoms with E-state index in [4.69, 9.17) is 0 Å². The molecule has 1 aliphatic heterocycles. The first-order valence-corrected chi connectivity index (χ1v) is 7.03. The number of likely N-dealkylation sites (N-methyl/N-ethyl adjacent to an activating group) is 1. The zero-order valence-corrected chi connectivity index (χ0v) is 12.0. The SMILES string of the molecule is CNC(C)(CO)CCCCN1CC(C)C(C)C1. The first-order chi connectivity index (χ1) is 8.00. The van der Waals surface area contributed by atoms with Crippen molar-refractivity contribution in [2.75, 3.05) is 33.3 Å². The molecule has 1 saturated heterocycles. The van der Waals surface area contributed by atoms with Crippen LogP contribution in [-0.2, 0) is 0 Å². The van der Waals surface area contributed by atoms with Gasteiger partial charge in [0.1, 0.15) is 0 Å². The summed E-state index contributed by atoms with van der Waals surface area (Å²) in [6, 6.07) is 0. The highest BCUT2D eigenvalue weighted by Crippen LogP contribution is 2.22. The van der Waals surface area contributed by atoms with Gasteiger partial charge in [-0.05, 0) is 45.2 Å². The third-order valence-electron chi connectivity index (χ3n) is 4.47. The van der Waals surface area contributed by atoms with Crippen LogP contribution in [0.1, 0.15) is 40.0 Å². The van der Waals surface area contributed by atoms with Gasteiger partial charge in [0.2, 0.25) is 0 Å². The third kappa shape index (κ3) is 4.57. The number of nitrogens with one attached hydrogen (secondary N) is 1. The monoisotopic (exact) mass is 242 g/mol. The number of nitrogens with zero attached hydrogens (tertiary/aromatic N) is 1. The summed E-state index contributed by atoms with van der Waals surface area (Å²) in [5, 5.41) is 12.5. The summed E-state index contributed by atoms with van der Waals surface area (Å²) in [5.74, 6) is 1.71. The fourth-order valence-corrected chi connectivity index (χ4v) is 2.57. The molecular weight excluding hydrogens is 212 g/mol. The van der Waals surface area contributed by atoms with Crippen LogP contribution in [0.5, 0.6) is 0 Å². The predicted molar refractivity (Wildman–Crippen MR) is 73.2 cm³/mol. The summed E-state index contributed by atoms with van der Waals surface area (Å²) in [6.45, 7) is 10.8. The number of rotatable bonds is 7. The number of aliphatic hydroxyl groups excluding tert-OH is 1. The Hall–Kier alpha value is -0.120. The van der Waals surface area contributed by atoms with E-state index in [1.807, 2.05) is 7.05 Å². The topological polar surface area (TPSA) is 35.5 Å². The van der Waals surface area contributed by atoms with Crippen LogP contribution in [0.2, 0.25) is 0 Å². The van der Waals surface area contributed by atoms with Crippen molar-refractivity contribution < 1.29 is 5.11 Å². The molecule has 3 unspecified atom stereocenters. The molecule has 0 amide bonds. The summed E-state index contributed by atoms with van der Waals surface area (Å²) < 4.78 is 0. The maximum atomic E-state index is 9.29. The van der Waals surface area contributed by atoms with E-state index >= 15 is 0 Å². The molecule has 17 heavy (non-hydrogen) atoms. The summed E-state index contributed by atoms with van der Waals surface area (Å²) >= 11 is 0. The Morgan fingerprint density at radius 2 is 1.82 bits per heavy atom. The van der Waals surface area contributed by atoms with E-state index in [2.05, 4.69) is 31.0 Å². The molecule has 3 heteroatoms. The molecule has 0 aromatic heterocycles. The van der Waals surface area contributed by atoms with Crippen LogP contribution in [0.4, 0.5) is 0 Å². The van der Waals surface area contributed by atoms with Crippen molar-refractivity contribution in [3.63, 3.8) is 0 Å². The molecule has 3 atom stereocenters. The van der Waals surface area contributed by atoms with Crippen LogP contribution in [0.15, 0.2) is 0 Å². The lowest BCUT2D eigenvalue weighted by Crippen LogP contribution is -2.43. The standard InChI is InChI=1S/C14H30N2O/c1-12-9-16(10-13(12)2)8-6-5-7-14(3,11-17)15-4/h12-13,15,17H,5-11H2,1-4H3. The lowest BCUT2D eigenvalue weighted by Gasteiger charge is -2.27. The molecule has 0 bridgehead atoms. The minimum absolute atomic E-state index is 0.0917. The first-order valence-electron chi connectivity index (χ1n) is 7.03. The molecule has 1 heterocycles. The van der Waals surface area contributed by atoms with Crippen LogP contribution >= 0.6 is 0 Å². The Morgan fingerprint density at radius 3 is 2.29 bits per heavy atom. The fraction of sp³-hybridized carbons (Fsp3) is 1.00. The van der Waals surface area contributed by atoms with Gasteiger partial charge >= 0.3 is 0 Å². The highest BCUT2D eigenvalue weighted by molar-refractivity contribution is 4.81. The highest BCUT2D eigenvalue weighted by atomic mass is 16.3. The Bertz CT molecular complexity index is 206. The van der Waals surface area contributed by atoms with Crippen molar-refractivity contribution in [3.8, 4) is 0 Å². The largest absolute Gasteiger partial charge is 0.394 e. The smallest absolute Gasteiger partial charge is 0.0610 e. The van der Waals surface area contributed by atoms with Gasteiger partial charge in [0.15, 0.2) is 0 Å². The number of hydrogen-bond donors (Lipinski definition) is 2. The lowest BCUT2D eigenvalue weighted by atomic mass is 9.96. The Morgan fingerprint density at radius 1 is 1.24 bits per heavy atom. The van der Waals surface area contributed by atoms with Crippen molar-refractivity contribution in [2.24, 2.45) is 11.8 Å². The fourth-order valence-electron chi connectivity index (χ4n) is 2.57. The van der Waals surface area contributed by atoms with Gasteiger partial charge in [0, 0.05) is 18.6 Å². The van der Waals surface area contributed by atoms with E-state index in [0.29, 0.717) is 0 Å². The molecule has 1 fully saturated rings. The number of hydrogen-bond acceptors (Lipinski definition) is 3. The Labute approximate surface area is 107 Å². The molecule has 3 nitrogen and oxygen atoms in total. The number of aliphatic hydroxyl groups is 1. The summed E-state index contributed by atoms with van der Waals surface area (Å²) in [7, 11) is 1.93. The van der Waals surface area contributed by atoms with Crippen molar-refractivity contribution in [1.29, 1.82) is 0 Å². The first kappa shape index (κ1) is 14.9. The van der Waals surface area contributed by atoms with E-state index in [1.54, 1.807) is 0 Å². The Kier molecular flexibility index (Phi) is 5.90. The van der Waals surface area contributed by atoms with E-state index in [-0.39, 0.29) is 12.1 Å². The Balaban J connectivity index is 2.13. The second-order valence-electron chi connectivity index (χ2n) is 6.14. The van der Waals surface area contributed by atoms with E-state index in [0.717, 1.165) is 18.3 Å². The zero-order chi connectivity index (χ0) is 12.9. The van der Waals surface area contributed by atoms with Crippen LogP contribution in [0.3, 0.4) is 0 Å². The van der Waals surface area contributed by atoms with E-state index < -0.39 is 0 Å². The molecule has 1 aliphatic rings. The van der Waals surface area contributed by atoms with Gasteiger partial charge in [-0.1, -0.05) is 20.3 Å². The van der Waals surface area contributed by atoms with Gasteiger partial charge in [0.05, 0.1) is 6.61 Å². The van der Waals surface area contributed by atoms with E-state index in [9.17, 15) is 5.11 Å². The van der Waals surface area contributed by atoms with Crippen LogP contribution < -0.4 is 5.32 Å². The minimum atomic E-state index is -0.0917. The summed E-state index contributed by atoms with van der Waals surface area (Å²) in [5.41, 5.74) is -0.0917. The van der Waals surface area contributed by atoms with Crippen LogP contribution in [0, 0.1) is 11.8 Å². The van der Waals surface area contributed by atoms with Gasteiger partial charge in [-0.25, -0.2) is 0 Å². The van der Waals surface area contributed by atoms with Crippen molar-refractivity contribution in [1.82, 2.24) is 10.2 Å². The zero-order valence-electron chi connectivity index (χ0n) is 12.0. The maximum Gasteiger partial charge on any atom is 0.0610 e. The van der Waals surface area contributed by atoms with Gasteiger partial charge in [-0.15, -0.1) is 0 Å². The quantitative estimate of drug-likeness (QED) is 0.667.